The molecule has 2 N–H and O–H groups in total. The lowest BCUT2D eigenvalue weighted by atomic mass is 10.1. The molecule has 0 unspecified atom stereocenters. The Morgan fingerprint density at radius 3 is 2.58 bits per heavy atom. The number of sulfone groups is 1. The number of nitrogens with zero attached hydrogens (tertiary/aromatic N) is 2. The van der Waals surface area contributed by atoms with Gasteiger partial charge in [-0.1, -0.05) is 35.9 Å². The van der Waals surface area contributed by atoms with Gasteiger partial charge in [0, 0.05) is 43.7 Å². The molecule has 178 valence electrons. The number of nitrogens with one attached hydrogen (secondary N) is 2. The number of benzene rings is 2. The molecule has 2 aromatic carbocycles. The highest BCUT2D eigenvalue weighted by atomic mass is 35.5. The van der Waals surface area contributed by atoms with Gasteiger partial charge in [-0.25, -0.2) is 8.42 Å². The van der Waals surface area contributed by atoms with Crippen LogP contribution in [0.15, 0.2) is 46.3 Å². The van der Waals surface area contributed by atoms with Crippen LogP contribution in [0.2, 0.25) is 5.02 Å². The molecule has 0 aliphatic carbocycles. The molecule has 2 aromatic rings. The predicted octanol–water partition coefficient (Wildman–Crippen LogP) is 2.72. The fraction of sp³-hybridized carbons (Fsp3) is 0.417. The monoisotopic (exact) mass is 490 g/mol. The molecule has 0 radical (unpaired) electrons. The summed E-state index contributed by atoms with van der Waals surface area (Å²) in [6.45, 7) is 6.01. The van der Waals surface area contributed by atoms with Crippen molar-refractivity contribution in [2.24, 2.45) is 4.99 Å². The smallest absolute Gasteiger partial charge is 0.222 e. The molecule has 7 nitrogen and oxygen atoms in total. The van der Waals surface area contributed by atoms with Crippen molar-refractivity contribution in [2.45, 2.75) is 31.6 Å². The molecule has 0 saturated carbocycles. The van der Waals surface area contributed by atoms with Gasteiger partial charge in [0.25, 0.3) is 0 Å². The Kier molecular flexibility index (Phi) is 8.51. The zero-order chi connectivity index (χ0) is 24.0. The number of hydrogen-bond acceptors (Lipinski definition) is 6. The summed E-state index contributed by atoms with van der Waals surface area (Å²) in [5, 5.41) is 6.75. The van der Waals surface area contributed by atoms with Crippen molar-refractivity contribution in [1.29, 1.82) is 0 Å². The average molecular weight is 491 g/mol. The first-order valence-electron chi connectivity index (χ1n) is 11.0. The second-order valence-electron chi connectivity index (χ2n) is 8.30. The summed E-state index contributed by atoms with van der Waals surface area (Å²) >= 11 is 6.07. The van der Waals surface area contributed by atoms with Crippen molar-refractivity contribution in [2.75, 3.05) is 39.1 Å². The van der Waals surface area contributed by atoms with Gasteiger partial charge in [-0.15, -0.1) is 0 Å². The minimum absolute atomic E-state index is 0.0229. The third kappa shape index (κ3) is 6.79. The standard InChI is InChI=1S/C24H31ClN4O3S/c1-17-15-22(18(2)14-21(17)25)33(31,32)16-26-12-13-29(3)23(30)9-6-19-4-7-20(8-5-19)24-27-10-11-28-24/h4-5,7-8,14-15,26H,6,9-13,16H2,1-3H3,(H,27,28). The molecule has 1 amide bonds. The molecule has 1 aliphatic heterocycles. The Morgan fingerprint density at radius 2 is 1.91 bits per heavy atom. The second kappa shape index (κ2) is 11.1. The zero-order valence-electron chi connectivity index (χ0n) is 19.3. The van der Waals surface area contributed by atoms with E-state index in [0.717, 1.165) is 35.6 Å². The maximum atomic E-state index is 12.7. The quantitative estimate of drug-likeness (QED) is 0.500. The van der Waals surface area contributed by atoms with Crippen molar-refractivity contribution >= 4 is 33.2 Å². The Labute approximate surface area is 201 Å². The molecular formula is C24H31ClN4O3S. The third-order valence-corrected chi connectivity index (χ3v) is 7.76. The highest BCUT2D eigenvalue weighted by Crippen LogP contribution is 2.24. The SMILES string of the molecule is Cc1cc(S(=O)(=O)CNCCN(C)C(=O)CCc2ccc(C3=NCCN3)cc2)c(C)cc1Cl. The molecule has 0 saturated heterocycles. The molecular weight excluding hydrogens is 460 g/mol. The zero-order valence-corrected chi connectivity index (χ0v) is 20.9. The summed E-state index contributed by atoms with van der Waals surface area (Å²) in [6.07, 6.45) is 1.05. The van der Waals surface area contributed by atoms with E-state index in [-0.39, 0.29) is 16.7 Å². The van der Waals surface area contributed by atoms with Crippen LogP contribution in [0.3, 0.4) is 0 Å². The van der Waals surface area contributed by atoms with Gasteiger partial charge in [-0.05, 0) is 49.1 Å². The number of aryl methyl sites for hydroxylation is 3. The van der Waals surface area contributed by atoms with Gasteiger partial charge in [-0.3, -0.25) is 9.79 Å². The van der Waals surface area contributed by atoms with Crippen LogP contribution in [-0.2, 0) is 21.1 Å². The van der Waals surface area contributed by atoms with E-state index in [9.17, 15) is 13.2 Å². The fourth-order valence-electron chi connectivity index (χ4n) is 3.61. The molecule has 3 rings (SSSR count). The lowest BCUT2D eigenvalue weighted by Gasteiger charge is -2.18. The topological polar surface area (TPSA) is 90.9 Å². The van der Waals surface area contributed by atoms with Crippen LogP contribution in [0.4, 0.5) is 0 Å². The first-order valence-corrected chi connectivity index (χ1v) is 13.0. The van der Waals surface area contributed by atoms with E-state index in [1.54, 1.807) is 37.9 Å². The summed E-state index contributed by atoms with van der Waals surface area (Å²) in [4.78, 5) is 18.8. The van der Waals surface area contributed by atoms with Crippen molar-refractivity contribution in [3.63, 3.8) is 0 Å². The predicted molar refractivity (Wildman–Crippen MR) is 133 cm³/mol. The number of halogens is 1. The van der Waals surface area contributed by atoms with E-state index < -0.39 is 9.84 Å². The van der Waals surface area contributed by atoms with Crippen LogP contribution < -0.4 is 10.6 Å². The molecule has 9 heteroatoms. The first kappa shape index (κ1) is 25.2. The highest BCUT2D eigenvalue weighted by Gasteiger charge is 2.18. The van der Waals surface area contributed by atoms with Gasteiger partial charge in [0.05, 0.1) is 11.4 Å². The normalized spacial score (nSPS) is 13.5. The van der Waals surface area contributed by atoms with Gasteiger partial charge in [0.15, 0.2) is 9.84 Å². The van der Waals surface area contributed by atoms with Gasteiger partial charge in [0.1, 0.15) is 11.7 Å². The van der Waals surface area contributed by atoms with Crippen LogP contribution in [0, 0.1) is 13.8 Å². The van der Waals surface area contributed by atoms with Crippen LogP contribution in [0.5, 0.6) is 0 Å². The summed E-state index contributed by atoms with van der Waals surface area (Å²) in [5.74, 6) is 0.756. The Morgan fingerprint density at radius 1 is 1.18 bits per heavy atom. The molecule has 0 fully saturated rings. The molecule has 1 aliphatic rings. The van der Waals surface area contributed by atoms with Crippen LogP contribution in [-0.4, -0.2) is 64.2 Å². The summed E-state index contributed by atoms with van der Waals surface area (Å²) < 4.78 is 25.3. The number of amidine groups is 1. The highest BCUT2D eigenvalue weighted by molar-refractivity contribution is 7.91. The van der Waals surface area contributed by atoms with Crippen LogP contribution in [0.25, 0.3) is 0 Å². The second-order valence-corrected chi connectivity index (χ2v) is 10.7. The van der Waals surface area contributed by atoms with Crippen molar-refractivity contribution < 1.29 is 13.2 Å². The largest absolute Gasteiger partial charge is 0.368 e. The first-order chi connectivity index (χ1) is 15.7. The van der Waals surface area contributed by atoms with Gasteiger partial charge in [0.2, 0.25) is 5.91 Å². The third-order valence-electron chi connectivity index (χ3n) is 5.66. The van der Waals surface area contributed by atoms with E-state index in [1.165, 1.54) is 0 Å². The number of carbonyl (C=O) groups is 1. The van der Waals surface area contributed by atoms with Crippen molar-refractivity contribution in [3.05, 3.63) is 63.7 Å². The summed E-state index contributed by atoms with van der Waals surface area (Å²) in [5.41, 5.74) is 3.51. The average Bonchev–Trinajstić information content (AvgIpc) is 3.32. The van der Waals surface area contributed by atoms with Gasteiger partial charge < -0.3 is 15.5 Å². The summed E-state index contributed by atoms with van der Waals surface area (Å²) in [6, 6.07) is 11.4. The van der Waals surface area contributed by atoms with E-state index in [4.69, 9.17) is 11.6 Å². The minimum Gasteiger partial charge on any atom is -0.368 e. The van der Waals surface area contributed by atoms with E-state index in [0.29, 0.717) is 36.5 Å². The maximum Gasteiger partial charge on any atom is 0.222 e. The lowest BCUT2D eigenvalue weighted by Crippen LogP contribution is -2.35. The number of rotatable bonds is 10. The number of hydrogen-bond donors (Lipinski definition) is 2. The van der Waals surface area contributed by atoms with E-state index in [1.807, 2.05) is 24.3 Å². The van der Waals surface area contributed by atoms with Crippen LogP contribution >= 0.6 is 11.6 Å². The molecule has 33 heavy (non-hydrogen) atoms. The number of amides is 1. The molecule has 0 bridgehead atoms. The van der Waals surface area contributed by atoms with Gasteiger partial charge in [-0.2, -0.15) is 0 Å². The van der Waals surface area contributed by atoms with Crippen molar-refractivity contribution in [3.8, 4) is 0 Å². The molecule has 0 atom stereocenters. The van der Waals surface area contributed by atoms with E-state index >= 15 is 0 Å². The fourth-order valence-corrected chi connectivity index (χ4v) is 5.30. The lowest BCUT2D eigenvalue weighted by molar-refractivity contribution is -0.129. The Balaban J connectivity index is 1.41. The number of carbonyl (C=O) groups excluding carboxylic acids is 1. The Bertz CT molecular complexity index is 1130. The van der Waals surface area contributed by atoms with Gasteiger partial charge >= 0.3 is 0 Å². The molecule has 1 heterocycles. The minimum atomic E-state index is -3.49. The summed E-state index contributed by atoms with van der Waals surface area (Å²) in [7, 11) is -1.76. The molecule has 0 aromatic heterocycles. The van der Waals surface area contributed by atoms with Crippen LogP contribution in [0.1, 0.15) is 28.7 Å². The Hall–Kier alpha value is -2.42. The maximum absolute atomic E-state index is 12.7. The van der Waals surface area contributed by atoms with E-state index in [2.05, 4.69) is 15.6 Å². The number of aliphatic imine (C=N–C) groups is 1. The number of likely N-dealkylation sites (N-methyl/N-ethyl adjacent to an activating group) is 1. The molecule has 0 spiro atoms. The van der Waals surface area contributed by atoms with Crippen molar-refractivity contribution in [1.82, 2.24) is 15.5 Å².